The van der Waals surface area contributed by atoms with Gasteiger partial charge in [-0.1, -0.05) is 60.7 Å². The largest absolute Gasteiger partial charge is 0.481 e. The third-order valence-corrected chi connectivity index (χ3v) is 8.33. The molecule has 0 saturated carbocycles. The molecule has 1 aromatic heterocycles. The van der Waals surface area contributed by atoms with E-state index in [9.17, 15) is 4.79 Å². The molecule has 3 aromatic rings. The highest BCUT2D eigenvalue weighted by Gasteiger charge is 2.43. The number of benzene rings is 2. The minimum Gasteiger partial charge on any atom is -0.481 e. The topological polar surface area (TPSA) is 83.5 Å². The Morgan fingerprint density at radius 1 is 0.913 bits per heavy atom. The summed E-state index contributed by atoms with van der Waals surface area (Å²) in [6.07, 6.45) is -0.0862. The van der Waals surface area contributed by atoms with E-state index in [1.165, 1.54) is 11.1 Å². The first kappa shape index (κ1) is 37.2. The van der Waals surface area contributed by atoms with Gasteiger partial charge >= 0.3 is 12.0 Å². The van der Waals surface area contributed by atoms with Gasteiger partial charge in [0.05, 0.1) is 25.4 Å². The zero-order chi connectivity index (χ0) is 31.2. The second kappa shape index (κ2) is 17.0. The number of carbonyl (C=O) groups is 1. The third kappa shape index (κ3) is 8.53. The molecule has 0 aliphatic carbocycles. The summed E-state index contributed by atoms with van der Waals surface area (Å²) < 4.78 is 17.6. The SMILES string of the molecule is CCOc1nc(OC)c(CN2CC(C(c3ccccc3)c3ccccc3)N3CCN(C(=O)N(C)C)C[C@H]3C2)c(OC(C)C)n1.Cl.Cl. The van der Waals surface area contributed by atoms with Gasteiger partial charge in [-0.05, 0) is 31.9 Å². The van der Waals surface area contributed by atoms with Crippen LogP contribution in [0.15, 0.2) is 60.7 Å². The summed E-state index contributed by atoms with van der Waals surface area (Å²) in [5.74, 6) is 1.07. The van der Waals surface area contributed by atoms with Gasteiger partial charge in [-0.3, -0.25) is 9.80 Å². The van der Waals surface area contributed by atoms with Crippen LogP contribution in [0.4, 0.5) is 4.79 Å². The molecule has 0 bridgehead atoms. The van der Waals surface area contributed by atoms with Crippen LogP contribution in [0.2, 0.25) is 0 Å². The van der Waals surface area contributed by atoms with Gasteiger partial charge in [0.1, 0.15) is 0 Å². The maximum absolute atomic E-state index is 13.1. The van der Waals surface area contributed by atoms with Crippen molar-refractivity contribution in [3.05, 3.63) is 77.4 Å². The molecule has 10 nitrogen and oxygen atoms in total. The second-order valence-corrected chi connectivity index (χ2v) is 12.0. The number of piperazine rings is 2. The summed E-state index contributed by atoms with van der Waals surface area (Å²) in [6.45, 7) is 10.6. The van der Waals surface area contributed by atoms with Gasteiger partial charge in [-0.15, -0.1) is 24.8 Å². The molecule has 0 radical (unpaired) electrons. The molecule has 2 saturated heterocycles. The highest BCUT2D eigenvalue weighted by atomic mass is 35.5. The van der Waals surface area contributed by atoms with Crippen molar-refractivity contribution < 1.29 is 19.0 Å². The number of nitrogens with zero attached hydrogens (tertiary/aromatic N) is 6. The van der Waals surface area contributed by atoms with Gasteiger partial charge in [-0.2, -0.15) is 9.97 Å². The number of aromatic nitrogens is 2. The van der Waals surface area contributed by atoms with Crippen molar-refractivity contribution in [2.45, 2.75) is 51.4 Å². The van der Waals surface area contributed by atoms with Crippen molar-refractivity contribution in [2.24, 2.45) is 0 Å². The Hall–Kier alpha value is -3.31. The van der Waals surface area contributed by atoms with Crippen LogP contribution in [0.25, 0.3) is 0 Å². The standard InChI is InChI=1S/C34H46N6O4.2ClH/c1-7-43-33-35-31(42-6)28(32(36-33)44-24(2)3)22-38-20-27-21-39(34(41)37(4)5)18-19-40(27)29(23-38)30(25-14-10-8-11-15-25)26-16-12-9-13-17-26;;/h8-17,24,27,29-30H,7,18-23H2,1-6H3;2*1H/t27-,29?;;/m1../s1. The Morgan fingerprint density at radius 3 is 2.07 bits per heavy atom. The highest BCUT2D eigenvalue weighted by molar-refractivity contribution is 5.85. The zero-order valence-corrected chi connectivity index (χ0v) is 29.3. The van der Waals surface area contributed by atoms with Crippen molar-refractivity contribution in [3.63, 3.8) is 0 Å². The normalized spacial score (nSPS) is 18.3. The van der Waals surface area contributed by atoms with E-state index in [2.05, 4.69) is 80.4 Å². The summed E-state index contributed by atoms with van der Waals surface area (Å²) >= 11 is 0. The predicted molar refractivity (Wildman–Crippen MR) is 185 cm³/mol. The molecule has 3 heterocycles. The minimum atomic E-state index is -0.0862. The van der Waals surface area contributed by atoms with E-state index in [1.807, 2.05) is 39.8 Å². The lowest BCUT2D eigenvalue weighted by molar-refractivity contribution is -0.0271. The average molecular weight is 676 g/mol. The fraction of sp³-hybridized carbons (Fsp3) is 0.500. The van der Waals surface area contributed by atoms with Crippen molar-refractivity contribution in [1.82, 2.24) is 29.6 Å². The lowest BCUT2D eigenvalue weighted by Gasteiger charge is -2.53. The maximum atomic E-state index is 13.1. The molecule has 46 heavy (non-hydrogen) atoms. The van der Waals surface area contributed by atoms with E-state index in [1.54, 1.807) is 12.0 Å². The molecule has 2 atom stereocenters. The second-order valence-electron chi connectivity index (χ2n) is 12.0. The Bertz CT molecular complexity index is 1350. The van der Waals surface area contributed by atoms with Gasteiger partial charge in [0.15, 0.2) is 0 Å². The monoisotopic (exact) mass is 674 g/mol. The molecular weight excluding hydrogens is 627 g/mol. The minimum absolute atomic E-state index is 0. The summed E-state index contributed by atoms with van der Waals surface area (Å²) in [4.78, 5) is 31.0. The molecule has 1 unspecified atom stereocenters. The number of ether oxygens (including phenoxy) is 3. The maximum Gasteiger partial charge on any atom is 0.323 e. The van der Waals surface area contributed by atoms with Crippen LogP contribution in [0, 0.1) is 0 Å². The number of halogens is 2. The van der Waals surface area contributed by atoms with E-state index < -0.39 is 0 Å². The van der Waals surface area contributed by atoms with Crippen molar-refractivity contribution in [2.75, 3.05) is 60.5 Å². The highest BCUT2D eigenvalue weighted by Crippen LogP contribution is 2.37. The number of hydrogen-bond donors (Lipinski definition) is 0. The van der Waals surface area contributed by atoms with Gasteiger partial charge in [0.2, 0.25) is 11.8 Å². The van der Waals surface area contributed by atoms with Gasteiger partial charge in [-0.25, -0.2) is 4.79 Å². The number of fused-ring (bicyclic) bond motifs is 1. The van der Waals surface area contributed by atoms with Crippen molar-refractivity contribution in [3.8, 4) is 17.8 Å². The smallest absolute Gasteiger partial charge is 0.323 e. The molecule has 2 aromatic carbocycles. The molecule has 252 valence electrons. The van der Waals surface area contributed by atoms with Gasteiger partial charge in [0.25, 0.3) is 0 Å². The first-order chi connectivity index (χ1) is 21.3. The van der Waals surface area contributed by atoms with E-state index in [-0.39, 0.29) is 61.0 Å². The van der Waals surface area contributed by atoms with Crippen molar-refractivity contribution >= 4 is 30.8 Å². The summed E-state index contributed by atoms with van der Waals surface area (Å²) in [7, 11) is 5.26. The molecule has 2 aliphatic heterocycles. The Balaban J connectivity index is 0.00000288. The fourth-order valence-corrected chi connectivity index (χ4v) is 6.52. The van der Waals surface area contributed by atoms with Crippen LogP contribution in [0.5, 0.6) is 17.8 Å². The Labute approximate surface area is 285 Å². The van der Waals surface area contributed by atoms with Gasteiger partial charge < -0.3 is 24.0 Å². The number of amides is 2. The lowest BCUT2D eigenvalue weighted by Crippen LogP contribution is -2.67. The number of urea groups is 1. The van der Waals surface area contributed by atoms with Crippen LogP contribution in [-0.2, 0) is 6.54 Å². The third-order valence-electron chi connectivity index (χ3n) is 8.33. The fourth-order valence-electron chi connectivity index (χ4n) is 6.52. The van der Waals surface area contributed by atoms with E-state index in [0.717, 1.165) is 25.2 Å². The first-order valence-corrected chi connectivity index (χ1v) is 15.6. The van der Waals surface area contributed by atoms with Crippen molar-refractivity contribution in [1.29, 1.82) is 0 Å². The molecule has 2 fully saturated rings. The van der Waals surface area contributed by atoms with Gasteiger partial charge in [0, 0.05) is 71.4 Å². The molecule has 0 N–H and O–H groups in total. The first-order valence-electron chi connectivity index (χ1n) is 15.6. The molecular formula is C34H48Cl2N6O4. The lowest BCUT2D eigenvalue weighted by atomic mass is 9.81. The van der Waals surface area contributed by atoms with Crippen LogP contribution in [0.1, 0.15) is 43.4 Å². The quantitative estimate of drug-likeness (QED) is 0.290. The zero-order valence-electron chi connectivity index (χ0n) is 27.7. The molecule has 0 spiro atoms. The van der Waals surface area contributed by atoms with E-state index in [4.69, 9.17) is 14.2 Å². The number of methoxy groups -OCH3 is 1. The Kier molecular flexibility index (Phi) is 13.7. The molecule has 2 aliphatic rings. The summed E-state index contributed by atoms with van der Waals surface area (Å²) in [6, 6.07) is 22.1. The average Bonchev–Trinajstić information content (AvgIpc) is 3.02. The number of rotatable bonds is 10. The molecule has 5 rings (SSSR count). The number of carbonyl (C=O) groups excluding carboxylic acids is 1. The predicted octanol–water partition coefficient (Wildman–Crippen LogP) is 5.20. The molecule has 12 heteroatoms. The van der Waals surface area contributed by atoms with Crippen LogP contribution in [0.3, 0.4) is 0 Å². The van der Waals surface area contributed by atoms with Crippen LogP contribution < -0.4 is 14.2 Å². The summed E-state index contributed by atoms with van der Waals surface area (Å²) in [5, 5.41) is 0. The van der Waals surface area contributed by atoms with Crippen LogP contribution >= 0.6 is 24.8 Å². The summed E-state index contributed by atoms with van der Waals surface area (Å²) in [5.41, 5.74) is 3.36. The molecule has 2 amide bonds. The van der Waals surface area contributed by atoms with Crippen LogP contribution in [-0.4, -0.2) is 114 Å². The van der Waals surface area contributed by atoms with E-state index >= 15 is 0 Å². The van der Waals surface area contributed by atoms with E-state index in [0.29, 0.717) is 38.0 Å². The number of hydrogen-bond acceptors (Lipinski definition) is 8. The Morgan fingerprint density at radius 2 is 1.52 bits per heavy atom.